The van der Waals surface area contributed by atoms with Gasteiger partial charge in [-0.15, -0.1) is 0 Å². The molecule has 0 aliphatic carbocycles. The molecule has 0 radical (unpaired) electrons. The number of hydrogen-bond acceptors (Lipinski definition) is 3. The monoisotopic (exact) mass is 455 g/mol. The third-order valence-electron chi connectivity index (χ3n) is 5.54. The maximum absolute atomic E-state index is 6.63. The Morgan fingerprint density at radius 1 is 0.839 bits per heavy atom. The number of hydrogen-bond donors (Lipinski definition) is 1. The van der Waals surface area contributed by atoms with Crippen molar-refractivity contribution in [3.8, 4) is 11.1 Å². The Kier molecular flexibility index (Phi) is 6.71. The van der Waals surface area contributed by atoms with Gasteiger partial charge in [-0.1, -0.05) is 77.8 Å². The first kappa shape index (κ1) is 22.3. The average Bonchev–Trinajstić information content (AvgIpc) is 3.03. The Bertz CT molecular complexity index is 1000. The lowest BCUT2D eigenvalue weighted by Crippen LogP contribution is -2.43. The Balaban J connectivity index is 1.46. The van der Waals surface area contributed by atoms with Crippen LogP contribution in [0, 0.1) is 0 Å². The molecule has 1 aliphatic rings. The van der Waals surface area contributed by atoms with Crippen molar-refractivity contribution in [1.29, 1.82) is 0 Å². The lowest BCUT2D eigenvalue weighted by molar-refractivity contribution is -0.147. The van der Waals surface area contributed by atoms with Crippen molar-refractivity contribution in [1.82, 2.24) is 0 Å². The molecule has 3 aromatic carbocycles. The quantitative estimate of drug-likeness (QED) is 0.474. The largest absolute Gasteiger partial charge is 0.344 e. The molecular weight excluding hydrogens is 429 g/mol. The van der Waals surface area contributed by atoms with Gasteiger partial charge in [0.05, 0.1) is 6.10 Å². The zero-order valence-corrected chi connectivity index (χ0v) is 19.2. The van der Waals surface area contributed by atoms with Gasteiger partial charge < -0.3 is 15.2 Å². The van der Waals surface area contributed by atoms with Crippen LogP contribution in [-0.2, 0) is 22.3 Å². The highest BCUT2D eigenvalue weighted by atomic mass is 35.5. The summed E-state index contributed by atoms with van der Waals surface area (Å²) in [7, 11) is 0. The Morgan fingerprint density at radius 2 is 1.48 bits per heavy atom. The van der Waals surface area contributed by atoms with Gasteiger partial charge in [0.2, 0.25) is 0 Å². The summed E-state index contributed by atoms with van der Waals surface area (Å²) in [4.78, 5) is 0. The molecular formula is C26H27Cl2NO2. The van der Waals surface area contributed by atoms with Crippen LogP contribution in [0.1, 0.15) is 25.0 Å². The highest BCUT2D eigenvalue weighted by molar-refractivity contribution is 6.35. The number of halogens is 2. The minimum Gasteiger partial charge on any atom is -0.344 e. The van der Waals surface area contributed by atoms with Crippen LogP contribution >= 0.6 is 23.2 Å². The smallest absolute Gasteiger partial charge is 0.163 e. The minimum absolute atomic E-state index is 0.0831. The molecule has 0 amide bonds. The van der Waals surface area contributed by atoms with Crippen molar-refractivity contribution in [2.45, 2.75) is 50.7 Å². The summed E-state index contributed by atoms with van der Waals surface area (Å²) in [5.74, 6) is -0.641. The summed E-state index contributed by atoms with van der Waals surface area (Å²) >= 11 is 12.3. The second-order valence-electron chi connectivity index (χ2n) is 8.55. The molecule has 3 nitrogen and oxygen atoms in total. The van der Waals surface area contributed by atoms with Gasteiger partial charge in [0.25, 0.3) is 0 Å². The van der Waals surface area contributed by atoms with Gasteiger partial charge in [-0.25, -0.2) is 0 Å². The molecule has 4 rings (SSSR count). The normalized spacial score (nSPS) is 21.2. The van der Waals surface area contributed by atoms with Crippen molar-refractivity contribution in [3.05, 3.63) is 94.0 Å². The summed E-state index contributed by atoms with van der Waals surface area (Å²) in [6.07, 6.45) is 1.21. The number of rotatable bonds is 6. The Morgan fingerprint density at radius 3 is 2.13 bits per heavy atom. The molecule has 0 aromatic heterocycles. The Hall–Kier alpha value is -1.88. The summed E-state index contributed by atoms with van der Waals surface area (Å²) in [5, 5.41) is 1.25. The Labute approximate surface area is 194 Å². The molecule has 0 spiro atoms. The van der Waals surface area contributed by atoms with Gasteiger partial charge in [0, 0.05) is 22.5 Å². The second-order valence-corrected chi connectivity index (χ2v) is 9.42. The third-order valence-corrected chi connectivity index (χ3v) is 5.98. The fourth-order valence-electron chi connectivity index (χ4n) is 4.17. The van der Waals surface area contributed by atoms with Gasteiger partial charge in [-0.2, -0.15) is 0 Å². The van der Waals surface area contributed by atoms with E-state index in [2.05, 4.69) is 36.4 Å². The van der Waals surface area contributed by atoms with Crippen LogP contribution in [0.4, 0.5) is 0 Å². The molecule has 162 valence electrons. The fourth-order valence-corrected chi connectivity index (χ4v) is 4.70. The molecule has 2 N–H and O–H groups in total. The topological polar surface area (TPSA) is 44.5 Å². The zero-order valence-electron chi connectivity index (χ0n) is 17.7. The summed E-state index contributed by atoms with van der Waals surface area (Å²) < 4.78 is 12.4. The predicted molar refractivity (Wildman–Crippen MR) is 128 cm³/mol. The van der Waals surface area contributed by atoms with E-state index in [4.69, 9.17) is 38.4 Å². The van der Waals surface area contributed by atoms with Gasteiger partial charge in [-0.3, -0.25) is 0 Å². The van der Waals surface area contributed by atoms with Crippen molar-refractivity contribution in [2.75, 3.05) is 0 Å². The van der Waals surface area contributed by atoms with E-state index in [-0.39, 0.29) is 18.2 Å². The molecule has 3 atom stereocenters. The van der Waals surface area contributed by atoms with E-state index >= 15 is 0 Å². The first-order chi connectivity index (χ1) is 14.8. The van der Waals surface area contributed by atoms with E-state index in [1.807, 2.05) is 44.2 Å². The van der Waals surface area contributed by atoms with Crippen LogP contribution in [0.3, 0.4) is 0 Å². The molecule has 5 heteroatoms. The summed E-state index contributed by atoms with van der Waals surface area (Å²) in [6.45, 7) is 3.89. The SMILES string of the molecule is CC1(C)O[C@H]([C@H](N)Cc2ccc(-c3cc(Cl)cc(Cl)c3)cc2)[C@@H](Cc2ccccc2)O1. The van der Waals surface area contributed by atoms with E-state index in [0.717, 1.165) is 23.1 Å². The van der Waals surface area contributed by atoms with Gasteiger partial charge in [0.15, 0.2) is 5.79 Å². The molecule has 0 saturated carbocycles. The maximum atomic E-state index is 6.63. The van der Waals surface area contributed by atoms with Crippen LogP contribution in [-0.4, -0.2) is 24.0 Å². The van der Waals surface area contributed by atoms with Crippen molar-refractivity contribution < 1.29 is 9.47 Å². The molecule has 31 heavy (non-hydrogen) atoms. The summed E-state index contributed by atoms with van der Waals surface area (Å²) in [6, 6.07) is 24.0. The maximum Gasteiger partial charge on any atom is 0.163 e. The van der Waals surface area contributed by atoms with E-state index < -0.39 is 5.79 Å². The van der Waals surface area contributed by atoms with Gasteiger partial charge >= 0.3 is 0 Å². The van der Waals surface area contributed by atoms with Crippen molar-refractivity contribution in [3.63, 3.8) is 0 Å². The average molecular weight is 456 g/mol. The third kappa shape index (κ3) is 5.68. The molecule has 1 heterocycles. The molecule has 0 unspecified atom stereocenters. The molecule has 0 bridgehead atoms. The highest BCUT2D eigenvalue weighted by Crippen LogP contribution is 2.33. The first-order valence-electron chi connectivity index (χ1n) is 10.5. The van der Waals surface area contributed by atoms with Crippen molar-refractivity contribution >= 4 is 23.2 Å². The number of ether oxygens (including phenoxy) is 2. The highest BCUT2D eigenvalue weighted by Gasteiger charge is 2.43. The van der Waals surface area contributed by atoms with E-state index in [1.54, 1.807) is 6.07 Å². The lowest BCUT2D eigenvalue weighted by atomic mass is 9.94. The van der Waals surface area contributed by atoms with Gasteiger partial charge in [0.1, 0.15) is 6.10 Å². The molecule has 1 saturated heterocycles. The summed E-state index contributed by atoms with van der Waals surface area (Å²) in [5.41, 5.74) is 11.0. The van der Waals surface area contributed by atoms with Crippen LogP contribution in [0.2, 0.25) is 10.0 Å². The second kappa shape index (κ2) is 9.32. The van der Waals surface area contributed by atoms with E-state index in [1.165, 1.54) is 5.56 Å². The van der Waals surface area contributed by atoms with E-state index in [9.17, 15) is 0 Å². The molecule has 3 aromatic rings. The molecule has 1 aliphatic heterocycles. The lowest BCUT2D eigenvalue weighted by Gasteiger charge is -2.24. The predicted octanol–water partition coefficient (Wildman–Crippen LogP) is 6.29. The van der Waals surface area contributed by atoms with Crippen LogP contribution in [0.5, 0.6) is 0 Å². The first-order valence-corrected chi connectivity index (χ1v) is 11.3. The zero-order chi connectivity index (χ0) is 22.0. The number of nitrogens with two attached hydrogens (primary N) is 1. The van der Waals surface area contributed by atoms with E-state index in [0.29, 0.717) is 16.5 Å². The standard InChI is InChI=1S/C26H27Cl2NO2/c1-26(2)30-24(13-17-6-4-3-5-7-17)25(31-26)23(29)12-18-8-10-19(11-9-18)20-14-21(27)16-22(28)15-20/h3-11,14-16,23-25H,12-13,29H2,1-2H3/t23-,24-,25-/m1/s1. The van der Waals surface area contributed by atoms with Crippen LogP contribution < -0.4 is 5.73 Å². The van der Waals surface area contributed by atoms with Crippen molar-refractivity contribution in [2.24, 2.45) is 5.73 Å². The minimum atomic E-state index is -0.641. The van der Waals surface area contributed by atoms with Crippen LogP contribution in [0.15, 0.2) is 72.8 Å². The fraction of sp³-hybridized carbons (Fsp3) is 0.308. The number of benzene rings is 3. The van der Waals surface area contributed by atoms with Crippen LogP contribution in [0.25, 0.3) is 11.1 Å². The van der Waals surface area contributed by atoms with Gasteiger partial charge in [-0.05, 0) is 60.7 Å². The molecule has 1 fully saturated rings.